The van der Waals surface area contributed by atoms with Crippen LogP contribution in [0.15, 0.2) is 20.3 Å². The summed E-state index contributed by atoms with van der Waals surface area (Å²) in [5.74, 6) is 0. The van der Waals surface area contributed by atoms with Gasteiger partial charge in [0.1, 0.15) is 0 Å². The smallest absolute Gasteiger partial charge is 0.203 e. The number of rotatable bonds is 2. The van der Waals surface area contributed by atoms with Crippen molar-refractivity contribution in [2.75, 3.05) is 5.73 Å². The number of thiazole rings is 1. The summed E-state index contributed by atoms with van der Waals surface area (Å²) in [5, 5.41) is 9.98. The summed E-state index contributed by atoms with van der Waals surface area (Å²) in [6.07, 6.45) is 1.76. The predicted octanol–water partition coefficient (Wildman–Crippen LogP) is 1.73. The van der Waals surface area contributed by atoms with E-state index in [0.29, 0.717) is 5.13 Å². The molecule has 0 aliphatic carbocycles. The van der Waals surface area contributed by atoms with E-state index < -0.39 is 0 Å². The van der Waals surface area contributed by atoms with Gasteiger partial charge < -0.3 is 5.73 Å². The van der Waals surface area contributed by atoms with Gasteiger partial charge in [0.15, 0.2) is 8.68 Å². The summed E-state index contributed by atoms with van der Waals surface area (Å²) in [4.78, 5) is 4.10. The summed E-state index contributed by atoms with van der Waals surface area (Å²) >= 11 is 4.44. The second-order valence-corrected chi connectivity index (χ2v) is 5.20. The molecule has 0 aromatic carbocycles. The van der Waals surface area contributed by atoms with Gasteiger partial charge >= 0.3 is 0 Å². The molecule has 0 spiro atoms. The minimum absolute atomic E-state index is 0.494. The summed E-state index contributed by atoms with van der Waals surface area (Å²) in [6.45, 7) is 0. The Morgan fingerprint density at radius 1 is 1.33 bits per heavy atom. The zero-order valence-corrected chi connectivity index (χ0v) is 8.25. The molecule has 0 saturated heterocycles. The first-order chi connectivity index (χ1) is 5.84. The van der Waals surface area contributed by atoms with Crippen molar-refractivity contribution in [3.05, 3.63) is 11.6 Å². The van der Waals surface area contributed by atoms with Crippen LogP contribution in [-0.4, -0.2) is 15.2 Å². The van der Waals surface area contributed by atoms with Gasteiger partial charge in [-0.1, -0.05) is 11.3 Å². The van der Waals surface area contributed by atoms with Gasteiger partial charge in [0.25, 0.3) is 0 Å². The van der Waals surface area contributed by atoms with Gasteiger partial charge in [-0.15, -0.1) is 21.5 Å². The fourth-order valence-corrected chi connectivity index (χ4v) is 3.06. The molecule has 0 bridgehead atoms. The van der Waals surface area contributed by atoms with Crippen LogP contribution in [0.2, 0.25) is 0 Å². The Hall–Kier alpha value is -0.660. The van der Waals surface area contributed by atoms with Crippen LogP contribution in [0, 0.1) is 0 Å². The van der Waals surface area contributed by atoms with Crippen molar-refractivity contribution in [1.82, 2.24) is 15.2 Å². The molecule has 62 valence electrons. The third-order valence-electron chi connectivity index (χ3n) is 1.01. The van der Waals surface area contributed by atoms with E-state index in [2.05, 4.69) is 15.2 Å². The van der Waals surface area contributed by atoms with Crippen molar-refractivity contribution >= 4 is 39.6 Å². The summed E-state index contributed by atoms with van der Waals surface area (Å²) in [7, 11) is 0. The maximum absolute atomic E-state index is 5.42. The van der Waals surface area contributed by atoms with Crippen molar-refractivity contribution in [2.24, 2.45) is 0 Å². The lowest BCUT2D eigenvalue weighted by molar-refractivity contribution is 1.02. The largest absolute Gasteiger partial charge is 0.374 e. The first-order valence-corrected chi connectivity index (χ1v) is 5.52. The van der Waals surface area contributed by atoms with Gasteiger partial charge in [-0.05, 0) is 11.8 Å². The molecule has 0 radical (unpaired) electrons. The number of hydrogen-bond donors (Lipinski definition) is 1. The molecule has 0 aliphatic heterocycles. The molecule has 7 heteroatoms. The Balaban J connectivity index is 2.14. The normalized spacial score (nSPS) is 10.3. The van der Waals surface area contributed by atoms with E-state index in [1.54, 1.807) is 17.5 Å². The SMILES string of the molecule is Nc1nnc(Sc2nccs2)s1. The third-order valence-corrected chi connectivity index (χ3v) is 3.69. The number of nitrogens with two attached hydrogens (primary N) is 1. The predicted molar refractivity (Wildman–Crippen MR) is 50.6 cm³/mol. The highest BCUT2D eigenvalue weighted by molar-refractivity contribution is 8.02. The van der Waals surface area contributed by atoms with Gasteiger partial charge in [-0.2, -0.15) is 0 Å². The number of nitrogen functional groups attached to an aromatic ring is 1. The van der Waals surface area contributed by atoms with Crippen molar-refractivity contribution in [3.8, 4) is 0 Å². The van der Waals surface area contributed by atoms with Crippen molar-refractivity contribution in [3.63, 3.8) is 0 Å². The Kier molecular flexibility index (Phi) is 2.24. The molecule has 0 unspecified atom stereocenters. The molecule has 0 fully saturated rings. The van der Waals surface area contributed by atoms with Crippen LogP contribution in [0.3, 0.4) is 0 Å². The molecule has 4 nitrogen and oxygen atoms in total. The fraction of sp³-hybridized carbons (Fsp3) is 0. The number of hydrogen-bond acceptors (Lipinski definition) is 7. The van der Waals surface area contributed by atoms with E-state index in [-0.39, 0.29) is 0 Å². The van der Waals surface area contributed by atoms with Gasteiger partial charge in [0.2, 0.25) is 5.13 Å². The van der Waals surface area contributed by atoms with E-state index in [1.165, 1.54) is 23.1 Å². The molecule has 2 heterocycles. The van der Waals surface area contributed by atoms with Crippen molar-refractivity contribution < 1.29 is 0 Å². The van der Waals surface area contributed by atoms with Gasteiger partial charge in [-0.3, -0.25) is 0 Å². The van der Waals surface area contributed by atoms with Crippen LogP contribution in [0.25, 0.3) is 0 Å². The molecule has 2 rings (SSSR count). The topological polar surface area (TPSA) is 64.7 Å². The fourth-order valence-electron chi connectivity index (χ4n) is 0.597. The first kappa shape index (κ1) is 7.96. The van der Waals surface area contributed by atoms with Crippen LogP contribution in [0.1, 0.15) is 0 Å². The zero-order valence-electron chi connectivity index (χ0n) is 5.80. The monoisotopic (exact) mass is 216 g/mol. The van der Waals surface area contributed by atoms with Crippen LogP contribution in [0.4, 0.5) is 5.13 Å². The van der Waals surface area contributed by atoms with Gasteiger partial charge in [0, 0.05) is 11.6 Å². The average molecular weight is 216 g/mol. The van der Waals surface area contributed by atoms with Gasteiger partial charge in [-0.25, -0.2) is 4.98 Å². The maximum atomic E-state index is 5.42. The second-order valence-electron chi connectivity index (χ2n) is 1.81. The van der Waals surface area contributed by atoms with E-state index in [9.17, 15) is 0 Å². The molecule has 12 heavy (non-hydrogen) atoms. The molecule has 0 amide bonds. The number of aromatic nitrogens is 3. The Labute approximate surface area is 80.9 Å². The molecule has 2 N–H and O–H groups in total. The lowest BCUT2D eigenvalue weighted by Gasteiger charge is -1.85. The van der Waals surface area contributed by atoms with Crippen molar-refractivity contribution in [2.45, 2.75) is 8.68 Å². The maximum Gasteiger partial charge on any atom is 0.203 e. The number of nitrogens with zero attached hydrogens (tertiary/aromatic N) is 3. The average Bonchev–Trinajstić information content (AvgIpc) is 2.63. The minimum Gasteiger partial charge on any atom is -0.374 e. The van der Waals surface area contributed by atoms with E-state index in [0.717, 1.165) is 8.68 Å². The lowest BCUT2D eigenvalue weighted by Crippen LogP contribution is -1.79. The van der Waals surface area contributed by atoms with Gasteiger partial charge in [0.05, 0.1) is 0 Å². The minimum atomic E-state index is 0.494. The molecular weight excluding hydrogens is 212 g/mol. The van der Waals surface area contributed by atoms with E-state index >= 15 is 0 Å². The van der Waals surface area contributed by atoms with Crippen LogP contribution >= 0.6 is 34.4 Å². The third kappa shape index (κ3) is 1.74. The van der Waals surface area contributed by atoms with Crippen LogP contribution < -0.4 is 5.73 Å². The quantitative estimate of drug-likeness (QED) is 0.828. The highest BCUT2D eigenvalue weighted by Gasteiger charge is 2.04. The zero-order chi connectivity index (χ0) is 8.39. The van der Waals surface area contributed by atoms with E-state index in [4.69, 9.17) is 5.73 Å². The molecule has 2 aromatic heterocycles. The number of anilines is 1. The first-order valence-electron chi connectivity index (χ1n) is 3.01. The summed E-state index contributed by atoms with van der Waals surface area (Å²) in [6, 6.07) is 0. The van der Waals surface area contributed by atoms with E-state index in [1.807, 2.05) is 5.38 Å². The lowest BCUT2D eigenvalue weighted by atomic mass is 11.0. The van der Waals surface area contributed by atoms with Crippen LogP contribution in [-0.2, 0) is 0 Å². The Bertz CT molecular complexity index is 354. The van der Waals surface area contributed by atoms with Crippen LogP contribution in [0.5, 0.6) is 0 Å². The second kappa shape index (κ2) is 3.38. The molecule has 0 atom stereocenters. The summed E-state index contributed by atoms with van der Waals surface area (Å²) < 4.78 is 1.80. The standard InChI is InChI=1S/C5H4N4S3/c6-3-8-9-5(11-3)12-4-7-1-2-10-4/h1-2H,(H2,6,8). The molecule has 2 aromatic rings. The molecular formula is C5H4N4S3. The Morgan fingerprint density at radius 3 is 2.83 bits per heavy atom. The highest BCUT2D eigenvalue weighted by atomic mass is 32.2. The molecule has 0 aliphatic rings. The summed E-state index contributed by atoms with van der Waals surface area (Å²) in [5.41, 5.74) is 5.42. The molecule has 0 saturated carbocycles. The highest BCUT2D eigenvalue weighted by Crippen LogP contribution is 2.31. The Morgan fingerprint density at radius 2 is 2.25 bits per heavy atom. The van der Waals surface area contributed by atoms with Crippen molar-refractivity contribution in [1.29, 1.82) is 0 Å².